The van der Waals surface area contributed by atoms with Crippen LogP contribution in [0.3, 0.4) is 0 Å². The van der Waals surface area contributed by atoms with Gasteiger partial charge in [0, 0.05) is 26.2 Å². The molecule has 1 aromatic rings. The monoisotopic (exact) mass is 466 g/mol. The minimum Gasteiger partial charge on any atom is -0.338 e. The number of imide groups is 1. The van der Waals surface area contributed by atoms with Crippen molar-refractivity contribution in [2.45, 2.75) is 49.0 Å². The third-order valence-electron chi connectivity index (χ3n) is 6.52. The number of urea groups is 1. The van der Waals surface area contributed by atoms with Gasteiger partial charge in [-0.2, -0.15) is 4.31 Å². The summed E-state index contributed by atoms with van der Waals surface area (Å²) < 4.78 is 40.1. The summed E-state index contributed by atoms with van der Waals surface area (Å²) in [5.74, 6) is -1.38. The van der Waals surface area contributed by atoms with E-state index in [1.165, 1.54) is 27.4 Å². The van der Waals surface area contributed by atoms with Gasteiger partial charge in [-0.1, -0.05) is 31.7 Å². The molecule has 2 heterocycles. The number of amides is 4. The van der Waals surface area contributed by atoms with Crippen LogP contribution in [0.1, 0.15) is 38.5 Å². The first-order chi connectivity index (χ1) is 15.2. The first-order valence-electron chi connectivity index (χ1n) is 10.9. The van der Waals surface area contributed by atoms with Gasteiger partial charge in [0.2, 0.25) is 15.9 Å². The number of carbonyl (C=O) groups excluding carboxylic acids is 3. The van der Waals surface area contributed by atoms with E-state index in [0.717, 1.165) is 36.6 Å². The highest BCUT2D eigenvalue weighted by molar-refractivity contribution is 7.89. The fourth-order valence-corrected chi connectivity index (χ4v) is 6.13. The molecule has 1 aliphatic carbocycles. The second-order valence-corrected chi connectivity index (χ2v) is 10.5. The standard InChI is InChI=1S/C21H27FN4O5S/c22-16-6-5-7-17(14-16)32(30,31)25-12-10-24(11-13-25)18(27)15-26-19(28)21(23-20(26)29)8-3-1-2-4-9-21/h5-7,14H,1-4,8-13,15H2,(H,23,29). The third-order valence-corrected chi connectivity index (χ3v) is 8.42. The van der Waals surface area contributed by atoms with Crippen molar-refractivity contribution in [3.63, 3.8) is 0 Å². The van der Waals surface area contributed by atoms with Gasteiger partial charge in [-0.3, -0.25) is 14.5 Å². The molecule has 0 atom stereocenters. The van der Waals surface area contributed by atoms with Crippen LogP contribution in [0.4, 0.5) is 9.18 Å². The number of hydrogen-bond acceptors (Lipinski definition) is 5. The van der Waals surface area contributed by atoms with E-state index in [1.54, 1.807) is 0 Å². The van der Waals surface area contributed by atoms with Gasteiger partial charge in [0.1, 0.15) is 17.9 Å². The molecule has 9 nitrogen and oxygen atoms in total. The maximum absolute atomic E-state index is 13.4. The van der Waals surface area contributed by atoms with E-state index in [-0.39, 0.29) is 43.5 Å². The van der Waals surface area contributed by atoms with Crippen molar-refractivity contribution >= 4 is 27.9 Å². The molecule has 1 N–H and O–H groups in total. The van der Waals surface area contributed by atoms with Gasteiger partial charge >= 0.3 is 6.03 Å². The quantitative estimate of drug-likeness (QED) is 0.674. The van der Waals surface area contributed by atoms with Crippen molar-refractivity contribution < 1.29 is 27.2 Å². The zero-order valence-electron chi connectivity index (χ0n) is 17.8. The number of sulfonamides is 1. The highest BCUT2D eigenvalue weighted by Gasteiger charge is 2.51. The van der Waals surface area contributed by atoms with Crippen LogP contribution in [0.2, 0.25) is 0 Å². The van der Waals surface area contributed by atoms with Crippen molar-refractivity contribution in [3.05, 3.63) is 30.1 Å². The van der Waals surface area contributed by atoms with Gasteiger partial charge in [-0.25, -0.2) is 17.6 Å². The minimum absolute atomic E-state index is 0.0503. The fourth-order valence-electron chi connectivity index (χ4n) is 4.68. The van der Waals surface area contributed by atoms with Crippen LogP contribution in [0.15, 0.2) is 29.2 Å². The Labute approximate surface area is 186 Å². The number of nitrogens with one attached hydrogen (secondary N) is 1. The average Bonchev–Trinajstić information content (AvgIpc) is 2.93. The van der Waals surface area contributed by atoms with Gasteiger partial charge in [-0.05, 0) is 31.0 Å². The summed E-state index contributed by atoms with van der Waals surface area (Å²) in [4.78, 5) is 40.5. The molecule has 1 saturated carbocycles. The molecule has 1 aromatic carbocycles. The molecule has 3 aliphatic rings. The molecule has 2 saturated heterocycles. The lowest BCUT2D eigenvalue weighted by Crippen LogP contribution is -2.53. The predicted molar refractivity (Wildman–Crippen MR) is 112 cm³/mol. The van der Waals surface area contributed by atoms with Crippen LogP contribution in [-0.2, 0) is 19.6 Å². The van der Waals surface area contributed by atoms with E-state index >= 15 is 0 Å². The fraction of sp³-hybridized carbons (Fsp3) is 0.571. The van der Waals surface area contributed by atoms with E-state index in [1.807, 2.05) is 0 Å². The van der Waals surface area contributed by atoms with Crippen molar-refractivity contribution in [3.8, 4) is 0 Å². The molecule has 4 rings (SSSR count). The first kappa shape index (κ1) is 22.7. The second kappa shape index (κ2) is 8.78. The predicted octanol–water partition coefficient (Wildman–Crippen LogP) is 1.30. The van der Waals surface area contributed by atoms with E-state index < -0.39 is 33.3 Å². The van der Waals surface area contributed by atoms with Crippen LogP contribution in [0, 0.1) is 5.82 Å². The Morgan fingerprint density at radius 2 is 1.69 bits per heavy atom. The summed E-state index contributed by atoms with van der Waals surface area (Å²) in [5, 5.41) is 2.82. The van der Waals surface area contributed by atoms with Crippen LogP contribution in [-0.4, -0.2) is 78.6 Å². The smallest absolute Gasteiger partial charge is 0.325 e. The van der Waals surface area contributed by atoms with Gasteiger partial charge in [0.25, 0.3) is 5.91 Å². The molecular weight excluding hydrogens is 439 g/mol. The van der Waals surface area contributed by atoms with Crippen molar-refractivity contribution in [2.24, 2.45) is 0 Å². The van der Waals surface area contributed by atoms with Crippen molar-refractivity contribution in [2.75, 3.05) is 32.7 Å². The lowest BCUT2D eigenvalue weighted by molar-refractivity contribution is -0.139. The molecule has 32 heavy (non-hydrogen) atoms. The van der Waals surface area contributed by atoms with Crippen molar-refractivity contribution in [1.82, 2.24) is 19.4 Å². The maximum Gasteiger partial charge on any atom is 0.325 e. The summed E-state index contributed by atoms with van der Waals surface area (Å²) in [6, 6.07) is 4.26. The van der Waals surface area contributed by atoms with E-state index in [0.29, 0.717) is 12.8 Å². The van der Waals surface area contributed by atoms with E-state index in [2.05, 4.69) is 5.32 Å². The highest BCUT2D eigenvalue weighted by Crippen LogP contribution is 2.32. The molecule has 1 spiro atoms. The largest absolute Gasteiger partial charge is 0.338 e. The molecule has 4 amide bonds. The normalized spacial score (nSPS) is 22.2. The molecule has 2 aliphatic heterocycles. The Hall–Kier alpha value is -2.53. The summed E-state index contributed by atoms with van der Waals surface area (Å²) >= 11 is 0. The third kappa shape index (κ3) is 4.23. The van der Waals surface area contributed by atoms with Crippen LogP contribution in [0.25, 0.3) is 0 Å². The number of benzene rings is 1. The highest BCUT2D eigenvalue weighted by atomic mass is 32.2. The van der Waals surface area contributed by atoms with E-state index in [4.69, 9.17) is 0 Å². The zero-order chi connectivity index (χ0) is 22.9. The molecule has 11 heteroatoms. The Bertz CT molecular complexity index is 1010. The number of carbonyl (C=O) groups is 3. The summed E-state index contributed by atoms with van der Waals surface area (Å²) in [5.41, 5.74) is -0.897. The Kier molecular flexibility index (Phi) is 6.22. The molecule has 174 valence electrons. The number of rotatable bonds is 4. The van der Waals surface area contributed by atoms with Crippen LogP contribution >= 0.6 is 0 Å². The van der Waals surface area contributed by atoms with Crippen LogP contribution in [0.5, 0.6) is 0 Å². The van der Waals surface area contributed by atoms with Gasteiger partial charge in [-0.15, -0.1) is 0 Å². The second-order valence-electron chi connectivity index (χ2n) is 8.56. The number of hydrogen-bond donors (Lipinski definition) is 1. The molecule has 0 unspecified atom stereocenters. The molecule has 0 bridgehead atoms. The molecule has 0 aromatic heterocycles. The minimum atomic E-state index is -3.87. The van der Waals surface area contributed by atoms with Gasteiger partial charge in [0.05, 0.1) is 4.90 Å². The lowest BCUT2D eigenvalue weighted by atomic mass is 9.90. The summed E-state index contributed by atoms with van der Waals surface area (Å²) in [6.07, 6.45) is 4.92. The zero-order valence-corrected chi connectivity index (χ0v) is 18.6. The maximum atomic E-state index is 13.4. The van der Waals surface area contributed by atoms with Crippen molar-refractivity contribution in [1.29, 1.82) is 0 Å². The SMILES string of the molecule is O=C(CN1C(=O)NC2(CCCCCC2)C1=O)N1CCN(S(=O)(=O)c2cccc(F)c2)CC1. The number of halogens is 1. The van der Waals surface area contributed by atoms with E-state index in [9.17, 15) is 27.2 Å². The topological polar surface area (TPSA) is 107 Å². The summed E-state index contributed by atoms with van der Waals surface area (Å²) in [7, 11) is -3.87. The van der Waals surface area contributed by atoms with Gasteiger partial charge < -0.3 is 10.2 Å². The Balaban J connectivity index is 1.37. The lowest BCUT2D eigenvalue weighted by Gasteiger charge is -2.34. The molecular formula is C21H27FN4O5S. The number of nitrogens with zero attached hydrogens (tertiary/aromatic N) is 3. The molecule has 0 radical (unpaired) electrons. The Morgan fingerprint density at radius 1 is 1.03 bits per heavy atom. The molecule has 3 fully saturated rings. The summed E-state index contributed by atoms with van der Waals surface area (Å²) in [6.45, 7) is -0.00323. The van der Waals surface area contributed by atoms with Crippen LogP contribution < -0.4 is 5.32 Å². The van der Waals surface area contributed by atoms with Gasteiger partial charge in [0.15, 0.2) is 0 Å². The average molecular weight is 467 g/mol. The first-order valence-corrected chi connectivity index (χ1v) is 12.3. The number of piperazine rings is 1. The Morgan fingerprint density at radius 3 is 2.31 bits per heavy atom.